The van der Waals surface area contributed by atoms with E-state index < -0.39 is 0 Å². The predicted octanol–water partition coefficient (Wildman–Crippen LogP) is 4.69. The molecule has 2 heterocycles. The maximum Gasteiger partial charge on any atom is 0.182 e. The molecular weight excluding hydrogens is 316 g/mol. The summed E-state index contributed by atoms with van der Waals surface area (Å²) >= 11 is 3.05. The van der Waals surface area contributed by atoms with Crippen LogP contribution in [0.3, 0.4) is 0 Å². The molecule has 0 aliphatic heterocycles. The lowest BCUT2D eigenvalue weighted by atomic mass is 10.1. The molecule has 2 aromatic heterocycles. The highest BCUT2D eigenvalue weighted by atomic mass is 32.1. The Balaban J connectivity index is 1.84. The molecule has 4 nitrogen and oxygen atoms in total. The van der Waals surface area contributed by atoms with Crippen LogP contribution in [0, 0.1) is 6.92 Å². The molecule has 0 bridgehead atoms. The number of ketones is 2. The van der Waals surface area contributed by atoms with Gasteiger partial charge in [0, 0.05) is 35.7 Å². The molecule has 0 aliphatic carbocycles. The van der Waals surface area contributed by atoms with E-state index in [1.54, 1.807) is 6.20 Å². The van der Waals surface area contributed by atoms with Crippen LogP contribution in [0.4, 0.5) is 0 Å². The van der Waals surface area contributed by atoms with Gasteiger partial charge in [0.25, 0.3) is 0 Å². The van der Waals surface area contributed by atoms with Crippen LogP contribution in [-0.4, -0.2) is 21.5 Å². The highest BCUT2D eigenvalue weighted by Gasteiger charge is 2.17. The van der Waals surface area contributed by atoms with Crippen molar-refractivity contribution in [2.45, 2.75) is 52.4 Å². The molecule has 0 N–H and O–H groups in total. The molecule has 0 atom stereocenters. The van der Waals surface area contributed by atoms with Crippen LogP contribution in [0.1, 0.15) is 60.8 Å². The lowest BCUT2D eigenvalue weighted by molar-refractivity contribution is -0.118. The summed E-state index contributed by atoms with van der Waals surface area (Å²) in [5, 5.41) is 3.60. The second-order valence-electron chi connectivity index (χ2n) is 5.14. The number of aryl methyl sites for hydroxylation is 1. The molecule has 22 heavy (non-hydrogen) atoms. The summed E-state index contributed by atoms with van der Waals surface area (Å²) in [5.41, 5.74) is 0.583. The molecule has 0 aliphatic rings. The topological polar surface area (TPSA) is 59.9 Å². The minimum atomic E-state index is 0.0957. The van der Waals surface area contributed by atoms with Gasteiger partial charge in [0.1, 0.15) is 11.5 Å². The van der Waals surface area contributed by atoms with Crippen LogP contribution in [0.5, 0.6) is 0 Å². The second kappa shape index (κ2) is 8.29. The van der Waals surface area contributed by atoms with Crippen LogP contribution in [0.2, 0.25) is 0 Å². The van der Waals surface area contributed by atoms with Gasteiger partial charge in [-0.3, -0.25) is 9.59 Å². The van der Waals surface area contributed by atoms with E-state index in [0.717, 1.165) is 34.2 Å². The monoisotopic (exact) mass is 336 g/mol. The number of aromatic nitrogens is 2. The summed E-state index contributed by atoms with van der Waals surface area (Å²) in [6.45, 7) is 3.82. The van der Waals surface area contributed by atoms with Crippen molar-refractivity contribution in [1.82, 2.24) is 9.97 Å². The maximum atomic E-state index is 12.3. The number of rotatable bonds is 9. The fraction of sp³-hybridized carbons (Fsp3) is 0.500. The first-order chi connectivity index (χ1) is 10.6. The summed E-state index contributed by atoms with van der Waals surface area (Å²) in [4.78, 5) is 33.1. The molecule has 0 radical (unpaired) electrons. The van der Waals surface area contributed by atoms with E-state index in [9.17, 15) is 9.59 Å². The highest BCUT2D eigenvalue weighted by molar-refractivity contribution is 7.20. The van der Waals surface area contributed by atoms with E-state index in [2.05, 4.69) is 9.97 Å². The lowest BCUT2D eigenvalue weighted by Crippen LogP contribution is -2.02. The summed E-state index contributed by atoms with van der Waals surface area (Å²) in [6.07, 6.45) is 6.10. The number of thiazole rings is 2. The number of nitrogens with zero attached hydrogens (tertiary/aromatic N) is 2. The van der Waals surface area contributed by atoms with E-state index >= 15 is 0 Å². The fourth-order valence-corrected chi connectivity index (χ4v) is 3.77. The summed E-state index contributed by atoms with van der Waals surface area (Å²) < 4.78 is 0. The number of carbonyl (C=O) groups excluding carboxylic acids is 2. The van der Waals surface area contributed by atoms with E-state index in [0.29, 0.717) is 30.7 Å². The zero-order valence-corrected chi connectivity index (χ0v) is 14.6. The fourth-order valence-electron chi connectivity index (χ4n) is 2.16. The molecule has 0 spiro atoms. The average Bonchev–Trinajstić information content (AvgIpc) is 3.15. The van der Waals surface area contributed by atoms with E-state index in [1.165, 1.54) is 22.7 Å². The van der Waals surface area contributed by atoms with E-state index in [1.807, 2.05) is 19.2 Å². The number of hydrogen-bond acceptors (Lipinski definition) is 6. The second-order valence-corrected chi connectivity index (χ2v) is 7.23. The molecule has 0 fully saturated rings. The zero-order valence-electron chi connectivity index (χ0n) is 12.9. The van der Waals surface area contributed by atoms with Crippen molar-refractivity contribution in [3.63, 3.8) is 0 Å². The normalized spacial score (nSPS) is 10.8. The molecule has 0 unspecified atom stereocenters. The maximum absolute atomic E-state index is 12.3. The first kappa shape index (κ1) is 17.0. The van der Waals surface area contributed by atoms with Gasteiger partial charge in [-0.1, -0.05) is 13.3 Å². The first-order valence-corrected chi connectivity index (χ1v) is 9.23. The Kier molecular flexibility index (Phi) is 6.39. The number of Topliss-reactive ketones (excluding diaryl/α,β-unsaturated/α-hetero) is 2. The van der Waals surface area contributed by atoms with Gasteiger partial charge < -0.3 is 0 Å². The van der Waals surface area contributed by atoms with Gasteiger partial charge in [0.05, 0.1) is 0 Å². The van der Waals surface area contributed by atoms with E-state index in [4.69, 9.17) is 0 Å². The van der Waals surface area contributed by atoms with Crippen molar-refractivity contribution in [2.75, 3.05) is 0 Å². The van der Waals surface area contributed by atoms with Crippen LogP contribution in [0.15, 0.2) is 11.6 Å². The predicted molar refractivity (Wildman–Crippen MR) is 90.7 cm³/mol. The Morgan fingerprint density at radius 1 is 1.14 bits per heavy atom. The van der Waals surface area contributed by atoms with Gasteiger partial charge in [0.2, 0.25) is 0 Å². The summed E-state index contributed by atoms with van der Waals surface area (Å²) in [5.74, 6) is 0.396. The largest absolute Gasteiger partial charge is 0.300 e. The third-order valence-electron chi connectivity index (χ3n) is 3.43. The Morgan fingerprint density at radius 3 is 2.59 bits per heavy atom. The van der Waals surface area contributed by atoms with Gasteiger partial charge in [-0.25, -0.2) is 9.97 Å². The van der Waals surface area contributed by atoms with Gasteiger partial charge in [-0.05, 0) is 19.8 Å². The zero-order chi connectivity index (χ0) is 15.9. The van der Waals surface area contributed by atoms with Gasteiger partial charge >= 0.3 is 0 Å². The number of hydrogen-bond donors (Lipinski definition) is 0. The number of carbonyl (C=O) groups is 2. The first-order valence-electron chi connectivity index (χ1n) is 7.54. The standard InChI is InChI=1S/C16H20N2O2S2/c1-3-12(19)7-5-4-6-8-13(20)14-11(2)22-16(18-14)15-17-9-10-21-15/h9-10H,3-8H2,1-2H3. The number of unbranched alkanes of at least 4 members (excludes halogenated alkanes) is 2. The quantitative estimate of drug-likeness (QED) is 0.492. The van der Waals surface area contributed by atoms with Gasteiger partial charge in [-0.15, -0.1) is 22.7 Å². The molecular formula is C16H20N2O2S2. The van der Waals surface area contributed by atoms with E-state index in [-0.39, 0.29) is 5.78 Å². The molecule has 0 aromatic carbocycles. The van der Waals surface area contributed by atoms with Gasteiger partial charge in [0.15, 0.2) is 15.8 Å². The van der Waals surface area contributed by atoms with Crippen molar-refractivity contribution in [2.24, 2.45) is 0 Å². The van der Waals surface area contributed by atoms with Crippen LogP contribution in [0.25, 0.3) is 10.0 Å². The summed E-state index contributed by atoms with van der Waals surface area (Å²) in [6, 6.07) is 0. The smallest absolute Gasteiger partial charge is 0.182 e. The van der Waals surface area contributed by atoms with Crippen LogP contribution >= 0.6 is 22.7 Å². The van der Waals surface area contributed by atoms with Crippen molar-refractivity contribution >= 4 is 34.2 Å². The van der Waals surface area contributed by atoms with Crippen LogP contribution in [-0.2, 0) is 4.79 Å². The Bertz CT molecular complexity index is 633. The third kappa shape index (κ3) is 4.55. The Hall–Kier alpha value is -1.40. The average molecular weight is 336 g/mol. The minimum absolute atomic E-state index is 0.0957. The molecule has 0 saturated heterocycles. The molecule has 0 amide bonds. The van der Waals surface area contributed by atoms with Crippen molar-refractivity contribution in [3.05, 3.63) is 22.1 Å². The SMILES string of the molecule is CCC(=O)CCCCCC(=O)c1nc(-c2nccs2)sc1C. The van der Waals surface area contributed by atoms with Crippen LogP contribution < -0.4 is 0 Å². The molecule has 2 aromatic rings. The summed E-state index contributed by atoms with van der Waals surface area (Å²) in [7, 11) is 0. The molecule has 2 rings (SSSR count). The molecule has 118 valence electrons. The highest BCUT2D eigenvalue weighted by Crippen LogP contribution is 2.29. The lowest BCUT2D eigenvalue weighted by Gasteiger charge is -2.00. The third-order valence-corrected chi connectivity index (χ3v) is 5.32. The van der Waals surface area contributed by atoms with Crippen molar-refractivity contribution in [3.8, 4) is 10.0 Å². The van der Waals surface area contributed by atoms with Gasteiger partial charge in [-0.2, -0.15) is 0 Å². The van der Waals surface area contributed by atoms with Crippen molar-refractivity contribution in [1.29, 1.82) is 0 Å². The minimum Gasteiger partial charge on any atom is -0.300 e. The van der Waals surface area contributed by atoms with Crippen molar-refractivity contribution < 1.29 is 9.59 Å². The molecule has 0 saturated carbocycles. The Morgan fingerprint density at radius 2 is 1.91 bits per heavy atom. The molecule has 6 heteroatoms. The Labute approximate surface area is 138 Å².